The fraction of sp³-hybridized carbons (Fsp3) is 0.308. The number of nitrogens with one attached hydrogen (secondary N) is 2. The van der Waals surface area contributed by atoms with Crippen molar-refractivity contribution in [2.24, 2.45) is 13.0 Å². The Balaban J connectivity index is 1.40. The molecule has 0 fully saturated rings. The van der Waals surface area contributed by atoms with Crippen LogP contribution in [0, 0.1) is 5.92 Å². The SMILES string of the molecule is CC(C)C[C@@H](NC(=O)c1cc(NC(=O)OCC2c3ccccc3-c3ccccc32)n(C)n1)C(=O)O. The molecule has 0 unspecified atom stereocenters. The van der Waals surface area contributed by atoms with E-state index in [4.69, 9.17) is 4.74 Å². The third kappa shape index (κ3) is 5.18. The third-order valence-corrected chi connectivity index (χ3v) is 6.00. The molecule has 2 amide bonds. The highest BCUT2D eigenvalue weighted by atomic mass is 16.5. The van der Waals surface area contributed by atoms with Crippen LogP contribution in [0.3, 0.4) is 0 Å². The van der Waals surface area contributed by atoms with E-state index < -0.39 is 24.0 Å². The van der Waals surface area contributed by atoms with E-state index in [0.29, 0.717) is 6.42 Å². The first-order chi connectivity index (χ1) is 16.7. The standard InChI is InChI=1S/C26H28N4O5/c1-15(2)12-22(25(32)33)27-24(31)21-13-23(30(3)29-21)28-26(34)35-14-20-18-10-6-4-8-16(18)17-9-5-7-11-19(17)20/h4-11,13,15,20,22H,12,14H2,1-3H3,(H,27,31)(H,28,34)(H,32,33)/t22-/m1/s1. The van der Waals surface area contributed by atoms with Gasteiger partial charge in [-0.3, -0.25) is 14.8 Å². The Hall–Kier alpha value is -4.14. The summed E-state index contributed by atoms with van der Waals surface area (Å²) in [4.78, 5) is 36.5. The van der Waals surface area contributed by atoms with Crippen molar-refractivity contribution < 1.29 is 24.2 Å². The first-order valence-corrected chi connectivity index (χ1v) is 11.4. The van der Waals surface area contributed by atoms with Gasteiger partial charge in [0, 0.05) is 19.0 Å². The number of benzene rings is 2. The van der Waals surface area contributed by atoms with Crippen LogP contribution in [0.1, 0.15) is 47.8 Å². The van der Waals surface area contributed by atoms with Crippen LogP contribution in [-0.2, 0) is 16.6 Å². The second-order valence-corrected chi connectivity index (χ2v) is 8.98. The molecule has 35 heavy (non-hydrogen) atoms. The summed E-state index contributed by atoms with van der Waals surface area (Å²) in [6.07, 6.45) is -0.385. The lowest BCUT2D eigenvalue weighted by Gasteiger charge is -2.15. The number of aryl methyl sites for hydroxylation is 1. The van der Waals surface area contributed by atoms with E-state index in [2.05, 4.69) is 27.9 Å². The van der Waals surface area contributed by atoms with Crippen LogP contribution < -0.4 is 10.6 Å². The van der Waals surface area contributed by atoms with Crippen LogP contribution in [0.4, 0.5) is 10.6 Å². The Kier molecular flexibility index (Phi) is 6.86. The second kappa shape index (κ2) is 10.0. The molecule has 0 saturated heterocycles. The number of aliphatic carboxylic acids is 1. The minimum Gasteiger partial charge on any atom is -0.480 e. The van der Waals surface area contributed by atoms with Gasteiger partial charge in [0.25, 0.3) is 5.91 Å². The van der Waals surface area contributed by atoms with E-state index in [1.54, 1.807) is 7.05 Å². The van der Waals surface area contributed by atoms with Crippen molar-refractivity contribution in [1.29, 1.82) is 0 Å². The molecular weight excluding hydrogens is 448 g/mol. The van der Waals surface area contributed by atoms with Gasteiger partial charge in [0.05, 0.1) is 0 Å². The smallest absolute Gasteiger partial charge is 0.412 e. The van der Waals surface area contributed by atoms with Crippen molar-refractivity contribution in [3.8, 4) is 11.1 Å². The van der Waals surface area contributed by atoms with Crippen molar-refractivity contribution in [2.45, 2.75) is 32.2 Å². The Labute approximate surface area is 203 Å². The number of rotatable bonds is 8. The number of carboxylic acid groups (broad SMARTS) is 1. The molecule has 1 atom stereocenters. The summed E-state index contributed by atoms with van der Waals surface area (Å²) >= 11 is 0. The zero-order chi connectivity index (χ0) is 25.1. The second-order valence-electron chi connectivity index (χ2n) is 8.98. The Bertz CT molecular complexity index is 1220. The van der Waals surface area contributed by atoms with Crippen molar-refractivity contribution in [2.75, 3.05) is 11.9 Å². The summed E-state index contributed by atoms with van der Waals surface area (Å²) in [7, 11) is 1.57. The Morgan fingerprint density at radius 1 is 1.06 bits per heavy atom. The first kappa shape index (κ1) is 24.0. The molecule has 3 N–H and O–H groups in total. The van der Waals surface area contributed by atoms with Crippen LogP contribution in [0.5, 0.6) is 0 Å². The summed E-state index contributed by atoms with van der Waals surface area (Å²) in [6.45, 7) is 3.90. The monoisotopic (exact) mass is 476 g/mol. The van der Waals surface area contributed by atoms with Gasteiger partial charge in [0.1, 0.15) is 18.5 Å². The van der Waals surface area contributed by atoms with Gasteiger partial charge >= 0.3 is 12.1 Å². The molecule has 2 aromatic carbocycles. The number of aromatic nitrogens is 2. The van der Waals surface area contributed by atoms with E-state index in [-0.39, 0.29) is 30.0 Å². The van der Waals surface area contributed by atoms with Gasteiger partial charge in [-0.2, -0.15) is 5.10 Å². The number of amides is 2. The summed E-state index contributed by atoms with van der Waals surface area (Å²) in [5.74, 6) is -1.47. The van der Waals surface area contributed by atoms with Crippen LogP contribution in [-0.4, -0.2) is 45.5 Å². The lowest BCUT2D eigenvalue weighted by molar-refractivity contribution is -0.139. The molecule has 1 heterocycles. The average molecular weight is 477 g/mol. The predicted octanol–water partition coefficient (Wildman–Crippen LogP) is 4.01. The van der Waals surface area contributed by atoms with E-state index >= 15 is 0 Å². The Morgan fingerprint density at radius 3 is 2.23 bits per heavy atom. The van der Waals surface area contributed by atoms with Gasteiger partial charge in [0.2, 0.25) is 0 Å². The highest BCUT2D eigenvalue weighted by Crippen LogP contribution is 2.44. The van der Waals surface area contributed by atoms with Crippen LogP contribution in [0.25, 0.3) is 11.1 Å². The molecule has 4 rings (SSSR count). The first-order valence-electron chi connectivity index (χ1n) is 11.4. The summed E-state index contributed by atoms with van der Waals surface area (Å²) < 4.78 is 6.87. The zero-order valence-corrected chi connectivity index (χ0v) is 19.8. The van der Waals surface area contributed by atoms with E-state index in [9.17, 15) is 19.5 Å². The molecular formula is C26H28N4O5. The minimum atomic E-state index is -1.11. The van der Waals surface area contributed by atoms with Gasteiger partial charge in [-0.25, -0.2) is 9.59 Å². The number of carboxylic acids is 1. The summed E-state index contributed by atoms with van der Waals surface area (Å²) in [5, 5.41) is 18.5. The topological polar surface area (TPSA) is 123 Å². The van der Waals surface area contributed by atoms with Crippen molar-refractivity contribution >= 4 is 23.8 Å². The van der Waals surface area contributed by atoms with Gasteiger partial charge in [0.15, 0.2) is 5.69 Å². The van der Waals surface area contributed by atoms with Gasteiger partial charge in [-0.05, 0) is 34.6 Å². The number of carbonyl (C=O) groups is 3. The fourth-order valence-corrected chi connectivity index (χ4v) is 4.36. The number of hydrogen-bond donors (Lipinski definition) is 3. The highest BCUT2D eigenvalue weighted by molar-refractivity contribution is 5.96. The lowest BCUT2D eigenvalue weighted by atomic mass is 9.98. The molecule has 3 aromatic rings. The Morgan fingerprint density at radius 2 is 1.66 bits per heavy atom. The number of hydrogen-bond acceptors (Lipinski definition) is 5. The number of nitrogens with zero attached hydrogens (tertiary/aromatic N) is 2. The maximum Gasteiger partial charge on any atom is 0.412 e. The lowest BCUT2D eigenvalue weighted by Crippen LogP contribution is -2.41. The predicted molar refractivity (Wildman–Crippen MR) is 130 cm³/mol. The number of carbonyl (C=O) groups excluding carboxylic acids is 2. The molecule has 9 nitrogen and oxygen atoms in total. The quantitative estimate of drug-likeness (QED) is 0.452. The van der Waals surface area contributed by atoms with E-state index in [1.165, 1.54) is 10.7 Å². The molecule has 0 saturated carbocycles. The van der Waals surface area contributed by atoms with E-state index in [1.807, 2.05) is 50.2 Å². The number of fused-ring (bicyclic) bond motifs is 3. The van der Waals surface area contributed by atoms with Crippen LogP contribution in [0.2, 0.25) is 0 Å². The highest BCUT2D eigenvalue weighted by Gasteiger charge is 2.29. The van der Waals surface area contributed by atoms with Crippen LogP contribution in [0.15, 0.2) is 54.6 Å². The minimum absolute atomic E-state index is 0.00328. The normalized spacial score (nSPS) is 13.1. The van der Waals surface area contributed by atoms with Crippen molar-refractivity contribution in [1.82, 2.24) is 15.1 Å². The third-order valence-electron chi connectivity index (χ3n) is 6.00. The number of ether oxygens (including phenoxy) is 1. The number of anilines is 1. The largest absolute Gasteiger partial charge is 0.480 e. The van der Waals surface area contributed by atoms with Crippen molar-refractivity contribution in [3.05, 3.63) is 71.4 Å². The van der Waals surface area contributed by atoms with Crippen molar-refractivity contribution in [3.63, 3.8) is 0 Å². The maximum atomic E-state index is 12.6. The molecule has 182 valence electrons. The molecule has 1 aliphatic carbocycles. The van der Waals surface area contributed by atoms with E-state index in [0.717, 1.165) is 22.3 Å². The summed E-state index contributed by atoms with van der Waals surface area (Å²) in [6, 6.07) is 16.5. The summed E-state index contributed by atoms with van der Waals surface area (Å²) in [5.41, 5.74) is 4.48. The maximum absolute atomic E-state index is 12.6. The molecule has 0 spiro atoms. The molecule has 9 heteroatoms. The molecule has 0 radical (unpaired) electrons. The molecule has 0 bridgehead atoms. The average Bonchev–Trinajstić information content (AvgIpc) is 3.34. The van der Waals surface area contributed by atoms with Gasteiger partial charge in [-0.1, -0.05) is 62.4 Å². The fourth-order valence-electron chi connectivity index (χ4n) is 4.36. The zero-order valence-electron chi connectivity index (χ0n) is 19.8. The molecule has 1 aliphatic rings. The van der Waals surface area contributed by atoms with Gasteiger partial charge in [-0.15, -0.1) is 0 Å². The molecule has 1 aromatic heterocycles. The van der Waals surface area contributed by atoms with Gasteiger partial charge < -0.3 is 15.2 Å². The molecule has 0 aliphatic heterocycles. The van der Waals surface area contributed by atoms with Crippen LogP contribution >= 0.6 is 0 Å².